The molecule has 1 aliphatic heterocycles. The summed E-state index contributed by atoms with van der Waals surface area (Å²) in [6.45, 7) is 3.07. The summed E-state index contributed by atoms with van der Waals surface area (Å²) in [5.41, 5.74) is 2.02. The van der Waals surface area contributed by atoms with Crippen molar-refractivity contribution in [2.75, 3.05) is 25.1 Å². The van der Waals surface area contributed by atoms with Gasteiger partial charge in [-0.25, -0.2) is 0 Å². The Kier molecular flexibility index (Phi) is 5.09. The summed E-state index contributed by atoms with van der Waals surface area (Å²) in [7, 11) is 3.95. The van der Waals surface area contributed by atoms with Crippen LogP contribution >= 0.6 is 27.7 Å². The molecule has 0 N–H and O–H groups in total. The molecule has 0 aromatic carbocycles. The van der Waals surface area contributed by atoms with E-state index in [1.807, 2.05) is 30.5 Å². The Morgan fingerprint density at radius 3 is 2.84 bits per heavy atom. The third kappa shape index (κ3) is 3.23. The van der Waals surface area contributed by atoms with Crippen molar-refractivity contribution < 1.29 is 4.79 Å². The number of Topliss-reactive ketones (excluding diaryl/α,β-unsaturated/α-hetero) is 1. The van der Waals surface area contributed by atoms with Gasteiger partial charge >= 0.3 is 0 Å². The van der Waals surface area contributed by atoms with Crippen molar-refractivity contribution in [3.63, 3.8) is 0 Å². The predicted octanol–water partition coefficient (Wildman–Crippen LogP) is 1.90. The molecule has 0 bridgehead atoms. The van der Waals surface area contributed by atoms with Gasteiger partial charge in [0.15, 0.2) is 5.78 Å². The second-order valence-electron chi connectivity index (χ2n) is 4.90. The fourth-order valence-electron chi connectivity index (χ4n) is 2.32. The fourth-order valence-corrected chi connectivity index (χ4v) is 4.32. The number of likely N-dealkylation sites (N-methyl/N-ethyl adjacent to an activating group) is 1. The number of halogens is 1. The molecule has 0 aliphatic carbocycles. The molecule has 2 heterocycles. The maximum absolute atomic E-state index is 12.5. The van der Waals surface area contributed by atoms with Crippen LogP contribution < -0.4 is 0 Å². The van der Waals surface area contributed by atoms with E-state index in [0.717, 1.165) is 40.3 Å². The van der Waals surface area contributed by atoms with Gasteiger partial charge < -0.3 is 0 Å². The van der Waals surface area contributed by atoms with Gasteiger partial charge in [0.2, 0.25) is 0 Å². The molecular formula is C13H20BrN3OS. The molecule has 106 valence electrons. The van der Waals surface area contributed by atoms with Crippen LogP contribution in [0.1, 0.15) is 18.3 Å². The molecule has 1 aromatic heterocycles. The van der Waals surface area contributed by atoms with E-state index in [4.69, 9.17) is 0 Å². The van der Waals surface area contributed by atoms with Crippen molar-refractivity contribution in [1.29, 1.82) is 0 Å². The van der Waals surface area contributed by atoms with Crippen LogP contribution in [0.15, 0.2) is 4.47 Å². The van der Waals surface area contributed by atoms with Crippen LogP contribution in [0.2, 0.25) is 0 Å². The molecule has 1 aromatic rings. The second-order valence-corrected chi connectivity index (χ2v) is 6.84. The summed E-state index contributed by atoms with van der Waals surface area (Å²) < 4.78 is 2.83. The van der Waals surface area contributed by atoms with Crippen LogP contribution in [-0.2, 0) is 24.7 Å². The van der Waals surface area contributed by atoms with Crippen molar-refractivity contribution in [1.82, 2.24) is 14.7 Å². The Bertz CT molecular complexity index is 475. The topological polar surface area (TPSA) is 38.1 Å². The van der Waals surface area contributed by atoms with E-state index in [9.17, 15) is 4.79 Å². The molecule has 0 saturated carbocycles. The summed E-state index contributed by atoms with van der Waals surface area (Å²) in [5.74, 6) is 2.32. The number of nitrogens with zero attached hydrogens (tertiary/aromatic N) is 3. The van der Waals surface area contributed by atoms with Gasteiger partial charge in [-0.2, -0.15) is 16.9 Å². The summed E-state index contributed by atoms with van der Waals surface area (Å²) in [4.78, 5) is 14.6. The van der Waals surface area contributed by atoms with Crippen molar-refractivity contribution in [2.45, 2.75) is 25.8 Å². The molecule has 1 fully saturated rings. The average molecular weight is 346 g/mol. The SMILES string of the molecule is CCc1nn(C)c(CC(=O)C2CSCCN2C)c1Br. The van der Waals surface area contributed by atoms with Gasteiger partial charge in [-0.05, 0) is 29.4 Å². The first-order valence-electron chi connectivity index (χ1n) is 6.55. The number of rotatable bonds is 4. The Balaban J connectivity index is 2.12. The molecule has 1 unspecified atom stereocenters. The Labute approximate surface area is 127 Å². The molecule has 1 atom stereocenters. The summed E-state index contributed by atoms with van der Waals surface area (Å²) in [6.07, 6.45) is 1.33. The average Bonchev–Trinajstić information content (AvgIpc) is 2.66. The largest absolute Gasteiger partial charge is 0.297 e. The lowest BCUT2D eigenvalue weighted by Gasteiger charge is -2.30. The number of carbonyl (C=O) groups is 1. The molecule has 1 saturated heterocycles. The van der Waals surface area contributed by atoms with Crippen LogP contribution in [0.25, 0.3) is 0 Å². The first-order chi connectivity index (χ1) is 9.04. The number of hydrogen-bond donors (Lipinski definition) is 0. The number of aryl methyl sites for hydroxylation is 2. The zero-order chi connectivity index (χ0) is 14.0. The van der Waals surface area contributed by atoms with Gasteiger partial charge in [0.25, 0.3) is 0 Å². The van der Waals surface area contributed by atoms with E-state index < -0.39 is 0 Å². The minimum atomic E-state index is 0.0469. The quantitative estimate of drug-likeness (QED) is 0.835. The van der Waals surface area contributed by atoms with Crippen molar-refractivity contribution >= 4 is 33.5 Å². The van der Waals surface area contributed by atoms with Gasteiger partial charge in [-0.15, -0.1) is 0 Å². The second kappa shape index (κ2) is 6.41. The highest BCUT2D eigenvalue weighted by atomic mass is 79.9. The number of thioether (sulfide) groups is 1. The highest BCUT2D eigenvalue weighted by Gasteiger charge is 2.27. The number of hydrogen-bond acceptors (Lipinski definition) is 4. The zero-order valence-electron chi connectivity index (χ0n) is 11.6. The Morgan fingerprint density at radius 2 is 2.26 bits per heavy atom. The monoisotopic (exact) mass is 345 g/mol. The molecule has 0 radical (unpaired) electrons. The highest BCUT2D eigenvalue weighted by molar-refractivity contribution is 9.10. The Hall–Kier alpha value is -0.330. The predicted molar refractivity (Wildman–Crippen MR) is 82.7 cm³/mol. The zero-order valence-corrected chi connectivity index (χ0v) is 14.1. The van der Waals surface area contributed by atoms with Gasteiger partial charge in [-0.1, -0.05) is 6.92 Å². The third-order valence-corrected chi connectivity index (χ3v) is 5.55. The van der Waals surface area contributed by atoms with E-state index in [1.165, 1.54) is 0 Å². The summed E-state index contributed by atoms with van der Waals surface area (Å²) >= 11 is 5.44. The lowest BCUT2D eigenvalue weighted by atomic mass is 10.1. The standard InChI is InChI=1S/C13H20BrN3OS/c1-4-9-13(14)10(17(3)15-9)7-12(18)11-8-19-6-5-16(11)2/h11H,4-8H2,1-3H3. The van der Waals surface area contributed by atoms with E-state index in [0.29, 0.717) is 12.2 Å². The Morgan fingerprint density at radius 1 is 1.53 bits per heavy atom. The molecule has 0 amide bonds. The van der Waals surface area contributed by atoms with Gasteiger partial charge in [0.1, 0.15) is 0 Å². The molecule has 2 rings (SSSR count). The first kappa shape index (κ1) is 15.1. The highest BCUT2D eigenvalue weighted by Crippen LogP contribution is 2.24. The number of ketones is 1. The van der Waals surface area contributed by atoms with Crippen LogP contribution in [0.4, 0.5) is 0 Å². The normalized spacial score (nSPS) is 20.7. The van der Waals surface area contributed by atoms with E-state index >= 15 is 0 Å². The molecule has 6 heteroatoms. The smallest absolute Gasteiger partial charge is 0.156 e. The number of carbonyl (C=O) groups excluding carboxylic acids is 1. The molecule has 1 aliphatic rings. The summed E-state index contributed by atoms with van der Waals surface area (Å²) in [5, 5.41) is 4.44. The van der Waals surface area contributed by atoms with Gasteiger partial charge in [-0.3, -0.25) is 14.4 Å². The van der Waals surface area contributed by atoms with Crippen molar-refractivity contribution in [3.05, 3.63) is 15.9 Å². The maximum atomic E-state index is 12.5. The van der Waals surface area contributed by atoms with Crippen molar-refractivity contribution in [2.24, 2.45) is 7.05 Å². The minimum absolute atomic E-state index is 0.0469. The van der Waals surface area contributed by atoms with E-state index in [-0.39, 0.29) is 6.04 Å². The minimum Gasteiger partial charge on any atom is -0.297 e. The third-order valence-electron chi connectivity index (χ3n) is 3.61. The number of aromatic nitrogens is 2. The van der Waals surface area contributed by atoms with Crippen LogP contribution in [0.3, 0.4) is 0 Å². The molecular weight excluding hydrogens is 326 g/mol. The summed E-state index contributed by atoms with van der Waals surface area (Å²) in [6, 6.07) is 0.0469. The molecule has 19 heavy (non-hydrogen) atoms. The lowest BCUT2D eigenvalue weighted by Crippen LogP contribution is -2.45. The maximum Gasteiger partial charge on any atom is 0.156 e. The van der Waals surface area contributed by atoms with Gasteiger partial charge in [0, 0.05) is 25.1 Å². The van der Waals surface area contributed by atoms with Crippen LogP contribution in [0.5, 0.6) is 0 Å². The fraction of sp³-hybridized carbons (Fsp3) is 0.692. The molecule has 0 spiro atoms. The lowest BCUT2D eigenvalue weighted by molar-refractivity contribution is -0.122. The van der Waals surface area contributed by atoms with Crippen molar-refractivity contribution in [3.8, 4) is 0 Å². The van der Waals surface area contributed by atoms with Crippen LogP contribution in [-0.4, -0.2) is 51.6 Å². The molecule has 4 nitrogen and oxygen atoms in total. The van der Waals surface area contributed by atoms with E-state index in [1.54, 1.807) is 0 Å². The first-order valence-corrected chi connectivity index (χ1v) is 8.50. The van der Waals surface area contributed by atoms with Crippen LogP contribution in [0, 0.1) is 0 Å². The van der Waals surface area contributed by atoms with E-state index in [2.05, 4.69) is 32.9 Å². The van der Waals surface area contributed by atoms with Gasteiger partial charge in [0.05, 0.1) is 28.3 Å².